The van der Waals surface area contributed by atoms with Gasteiger partial charge in [0.05, 0.1) is 29.5 Å². The summed E-state index contributed by atoms with van der Waals surface area (Å²) in [7, 11) is 1.67. The minimum Gasteiger partial charge on any atom is -0.497 e. The number of fused-ring (bicyclic) bond motifs is 2. The number of nitrogens with zero attached hydrogens (tertiary/aromatic N) is 2. The van der Waals surface area contributed by atoms with Crippen LogP contribution in [-0.2, 0) is 11.3 Å². The van der Waals surface area contributed by atoms with Gasteiger partial charge in [-0.05, 0) is 108 Å². The van der Waals surface area contributed by atoms with Crippen LogP contribution in [0, 0.1) is 0 Å². The smallest absolute Gasteiger partial charge is 0.251 e. The van der Waals surface area contributed by atoms with E-state index in [9.17, 15) is 9.59 Å². The summed E-state index contributed by atoms with van der Waals surface area (Å²) in [5.41, 5.74) is 9.45. The van der Waals surface area contributed by atoms with E-state index in [0.29, 0.717) is 23.7 Å². The van der Waals surface area contributed by atoms with Crippen molar-refractivity contribution in [3.8, 4) is 39.4 Å². The minimum absolute atomic E-state index is 0.0572. The first-order chi connectivity index (χ1) is 25.9. The summed E-state index contributed by atoms with van der Waals surface area (Å²) in [6, 6.07) is 30.4. The highest BCUT2D eigenvalue weighted by atomic mass is 35.5. The number of aromatic nitrogens is 2. The second-order valence-corrected chi connectivity index (χ2v) is 14.1. The monoisotopic (exact) mass is 724 g/mol. The quantitative estimate of drug-likeness (QED) is 0.153. The molecule has 0 saturated carbocycles. The van der Waals surface area contributed by atoms with Crippen LogP contribution in [0.1, 0.15) is 67.8 Å². The minimum atomic E-state index is -0.112. The van der Waals surface area contributed by atoms with E-state index >= 15 is 0 Å². The zero-order chi connectivity index (χ0) is 36.9. The third kappa shape index (κ3) is 7.58. The summed E-state index contributed by atoms with van der Waals surface area (Å²) in [6.45, 7) is 5.70. The Labute approximate surface area is 316 Å². The Morgan fingerprint density at radius 3 is 2.32 bits per heavy atom. The number of pyridine rings is 1. The number of hydrogen-bond acceptors (Lipinski definition) is 4. The fourth-order valence-corrected chi connectivity index (χ4v) is 7.70. The molecule has 2 amide bonds. The molecule has 0 radical (unpaired) electrons. The number of carbonyl (C=O) groups excluding carboxylic acids is 2. The summed E-state index contributed by atoms with van der Waals surface area (Å²) >= 11 is 6.22. The highest BCUT2D eigenvalue weighted by molar-refractivity contribution is 6.30. The Morgan fingerprint density at radius 2 is 1.57 bits per heavy atom. The molecule has 0 aliphatic carbocycles. The number of carbonyl (C=O) groups is 2. The van der Waals surface area contributed by atoms with Gasteiger partial charge in [-0.2, -0.15) is 0 Å². The Kier molecular flexibility index (Phi) is 10.9. The predicted molar refractivity (Wildman–Crippen MR) is 217 cm³/mol. The van der Waals surface area contributed by atoms with Crippen molar-refractivity contribution in [2.45, 2.75) is 58.4 Å². The van der Waals surface area contributed by atoms with Crippen molar-refractivity contribution in [3.63, 3.8) is 0 Å². The van der Waals surface area contributed by atoms with Gasteiger partial charge < -0.3 is 19.9 Å². The van der Waals surface area contributed by atoms with Crippen molar-refractivity contribution < 1.29 is 14.3 Å². The molecule has 2 aromatic heterocycles. The number of halogens is 1. The van der Waals surface area contributed by atoms with Gasteiger partial charge in [0.2, 0.25) is 5.91 Å². The lowest BCUT2D eigenvalue weighted by Crippen LogP contribution is -2.28. The molecule has 1 aliphatic heterocycles. The first-order valence-electron chi connectivity index (χ1n) is 18.6. The molecule has 6 aromatic rings. The summed E-state index contributed by atoms with van der Waals surface area (Å²) in [6.07, 6.45) is 8.58. The van der Waals surface area contributed by atoms with Crippen LogP contribution in [0.15, 0.2) is 103 Å². The van der Waals surface area contributed by atoms with Gasteiger partial charge in [-0.3, -0.25) is 9.59 Å². The Bertz CT molecular complexity index is 2330. The van der Waals surface area contributed by atoms with E-state index in [1.54, 1.807) is 7.11 Å². The van der Waals surface area contributed by atoms with Gasteiger partial charge in [0, 0.05) is 40.0 Å². The molecule has 8 heteroatoms. The van der Waals surface area contributed by atoms with Crippen LogP contribution >= 0.6 is 11.6 Å². The topological polar surface area (TPSA) is 85.2 Å². The fourth-order valence-electron chi connectivity index (χ4n) is 7.57. The molecule has 2 N–H and O–H groups in total. The summed E-state index contributed by atoms with van der Waals surface area (Å²) in [5.74, 6) is 0.853. The molecule has 3 heterocycles. The van der Waals surface area contributed by atoms with Crippen LogP contribution in [0.5, 0.6) is 5.75 Å². The van der Waals surface area contributed by atoms with Crippen LogP contribution in [0.3, 0.4) is 0 Å². The highest BCUT2D eigenvalue weighted by Crippen LogP contribution is 2.43. The van der Waals surface area contributed by atoms with E-state index in [-0.39, 0.29) is 24.3 Å². The van der Waals surface area contributed by atoms with E-state index in [1.807, 2.05) is 48.5 Å². The van der Waals surface area contributed by atoms with Crippen LogP contribution in [0.4, 0.5) is 0 Å². The Morgan fingerprint density at radius 1 is 0.811 bits per heavy atom. The number of amides is 2. The Balaban J connectivity index is 1.39. The third-order valence-electron chi connectivity index (χ3n) is 10.2. The lowest BCUT2D eigenvalue weighted by Gasteiger charge is -2.19. The maximum atomic E-state index is 13.6. The second kappa shape index (κ2) is 16.1. The predicted octanol–water partition coefficient (Wildman–Crippen LogP) is 10.3. The molecule has 2 bridgehead atoms. The highest BCUT2D eigenvalue weighted by Gasteiger charge is 2.26. The van der Waals surface area contributed by atoms with Gasteiger partial charge >= 0.3 is 0 Å². The maximum Gasteiger partial charge on any atom is 0.251 e. The molecule has 53 heavy (non-hydrogen) atoms. The molecular formula is C45H45ClN4O3. The standard InChI is InChI=1S/C45H45ClN4O3/c1-4-10-29(5-2)43-37-19-13-33-26-41(37)50(28-42(51)47-23-8-6-7-9-24-48-45(33)52)44(43)32-15-21-39-31(25-32)14-22-40(49-39)38-27-35(53-3)18-20-36(38)30-11-16-34(46)17-12-30/h6-7,11-22,25-27,29H,4-5,8-10,23-24,28H2,1-3H3,(H,47,51)(H,48,52)/b7-6-. The molecule has 0 saturated heterocycles. The van der Waals surface area contributed by atoms with Crippen molar-refractivity contribution in [1.29, 1.82) is 0 Å². The van der Waals surface area contributed by atoms with Crippen molar-refractivity contribution in [3.05, 3.63) is 119 Å². The molecule has 7 rings (SSSR count). The van der Waals surface area contributed by atoms with Gasteiger partial charge in [-0.1, -0.05) is 80.4 Å². The summed E-state index contributed by atoms with van der Waals surface area (Å²) < 4.78 is 7.74. The van der Waals surface area contributed by atoms with Crippen molar-refractivity contribution in [1.82, 2.24) is 20.2 Å². The molecule has 4 aromatic carbocycles. The van der Waals surface area contributed by atoms with Gasteiger partial charge in [-0.25, -0.2) is 4.98 Å². The van der Waals surface area contributed by atoms with Gasteiger partial charge in [0.1, 0.15) is 12.3 Å². The van der Waals surface area contributed by atoms with E-state index in [0.717, 1.165) is 93.3 Å². The average molecular weight is 725 g/mol. The lowest BCUT2D eigenvalue weighted by atomic mass is 9.87. The first-order valence-corrected chi connectivity index (χ1v) is 19.0. The first kappa shape index (κ1) is 36.0. The Hall–Kier alpha value is -5.40. The number of methoxy groups -OCH3 is 1. The average Bonchev–Trinajstić information content (AvgIpc) is 3.49. The van der Waals surface area contributed by atoms with E-state index in [2.05, 4.69) is 83.7 Å². The van der Waals surface area contributed by atoms with E-state index < -0.39 is 0 Å². The van der Waals surface area contributed by atoms with Gasteiger partial charge in [0.25, 0.3) is 5.91 Å². The second-order valence-electron chi connectivity index (χ2n) is 13.7. The van der Waals surface area contributed by atoms with Gasteiger partial charge in [0.15, 0.2) is 0 Å². The van der Waals surface area contributed by atoms with Crippen molar-refractivity contribution >= 4 is 45.2 Å². The van der Waals surface area contributed by atoms with Crippen LogP contribution in [0.2, 0.25) is 5.02 Å². The number of rotatable bonds is 8. The molecule has 270 valence electrons. The normalized spacial score (nSPS) is 15.1. The van der Waals surface area contributed by atoms with Crippen LogP contribution < -0.4 is 15.4 Å². The number of benzene rings is 4. The molecule has 1 unspecified atom stereocenters. The van der Waals surface area contributed by atoms with Crippen molar-refractivity contribution in [2.24, 2.45) is 0 Å². The summed E-state index contributed by atoms with van der Waals surface area (Å²) in [5, 5.41) is 8.95. The van der Waals surface area contributed by atoms with Crippen molar-refractivity contribution in [2.75, 3.05) is 20.2 Å². The molecule has 0 fully saturated rings. The fraction of sp³-hybridized carbons (Fsp3) is 0.267. The van der Waals surface area contributed by atoms with E-state index in [4.69, 9.17) is 21.3 Å². The van der Waals surface area contributed by atoms with Crippen LogP contribution in [-0.4, -0.2) is 41.6 Å². The number of ether oxygens (including phenoxy) is 1. The maximum absolute atomic E-state index is 13.6. The molecule has 0 spiro atoms. The molecular weight excluding hydrogens is 680 g/mol. The molecule has 1 aliphatic rings. The molecule has 7 nitrogen and oxygen atoms in total. The number of nitrogens with one attached hydrogen (secondary N) is 2. The number of hydrogen-bond donors (Lipinski definition) is 2. The molecule has 1 atom stereocenters. The zero-order valence-electron chi connectivity index (χ0n) is 30.5. The third-order valence-corrected chi connectivity index (χ3v) is 10.5. The summed E-state index contributed by atoms with van der Waals surface area (Å²) in [4.78, 5) is 32.1. The SMILES string of the molecule is CCCC(CC)c1c(-c2ccc3nc(-c4cc(OC)ccc4-c4ccc(Cl)cc4)ccc3c2)n2c3cc(ccc13)C(=O)NCC/C=C\CCNC(=O)C2. The lowest BCUT2D eigenvalue weighted by molar-refractivity contribution is -0.121. The van der Waals surface area contributed by atoms with Gasteiger partial charge in [-0.15, -0.1) is 0 Å². The largest absolute Gasteiger partial charge is 0.497 e. The van der Waals surface area contributed by atoms with Crippen LogP contribution in [0.25, 0.3) is 55.4 Å². The zero-order valence-corrected chi connectivity index (χ0v) is 31.3. The van der Waals surface area contributed by atoms with E-state index in [1.165, 1.54) is 5.56 Å².